The molecule has 3 aliphatic rings. The Morgan fingerprint density at radius 3 is 2.33 bits per heavy atom. The lowest BCUT2D eigenvalue weighted by Crippen LogP contribution is -2.13. The quantitative estimate of drug-likeness (QED) is 0.236. The van der Waals surface area contributed by atoms with Crippen LogP contribution in [0, 0.1) is 0 Å². The summed E-state index contributed by atoms with van der Waals surface area (Å²) in [5.41, 5.74) is 6.23. The Balaban J connectivity index is 1.66. The van der Waals surface area contributed by atoms with Crippen molar-refractivity contribution in [1.82, 2.24) is 14.5 Å². The zero-order chi connectivity index (χ0) is 25.8. The van der Waals surface area contributed by atoms with E-state index in [0.29, 0.717) is 17.3 Å². The molecule has 1 fully saturated rings. The molecule has 0 atom stereocenters. The van der Waals surface area contributed by atoms with Gasteiger partial charge in [-0.15, -0.1) is 0 Å². The van der Waals surface area contributed by atoms with Gasteiger partial charge in [-0.05, 0) is 67.7 Å². The number of benzene rings is 1. The lowest BCUT2D eigenvalue weighted by atomic mass is 10.0. The van der Waals surface area contributed by atoms with E-state index in [9.17, 15) is 8.78 Å². The second kappa shape index (κ2) is 8.84. The molecule has 0 bridgehead atoms. The van der Waals surface area contributed by atoms with Crippen molar-refractivity contribution < 1.29 is 8.78 Å². The number of hydrogen-bond acceptors (Lipinski definition) is 2. The number of fused-ring (bicyclic) bond motifs is 1. The molecule has 1 aromatic heterocycles. The van der Waals surface area contributed by atoms with Crippen molar-refractivity contribution in [2.45, 2.75) is 63.3 Å². The van der Waals surface area contributed by atoms with Crippen LogP contribution < -0.4 is 0 Å². The molecule has 3 nitrogen and oxygen atoms in total. The van der Waals surface area contributed by atoms with Crippen LogP contribution in [-0.2, 0) is 5.92 Å². The molecular weight excluding hydrogens is 472 g/mol. The van der Waals surface area contributed by atoms with Crippen LogP contribution in [0.5, 0.6) is 0 Å². The third-order valence-electron chi connectivity index (χ3n) is 7.10. The molecule has 1 aliphatic carbocycles. The highest BCUT2D eigenvalue weighted by atomic mass is 32.2. The van der Waals surface area contributed by atoms with Gasteiger partial charge in [0, 0.05) is 41.4 Å². The van der Waals surface area contributed by atoms with Crippen LogP contribution in [0.15, 0.2) is 59.8 Å². The normalized spacial score (nSPS) is 14.6. The Kier molecular flexibility index (Phi) is 6.06. The Hall–Kier alpha value is -2.99. The average Bonchev–Trinajstić information content (AvgIpc) is 3.60. The molecule has 0 saturated heterocycles. The van der Waals surface area contributed by atoms with E-state index in [-0.39, 0.29) is 11.6 Å². The van der Waals surface area contributed by atoms with E-state index in [2.05, 4.69) is 49.0 Å². The van der Waals surface area contributed by atoms with Crippen molar-refractivity contribution in [2.24, 2.45) is 0 Å². The first kappa shape index (κ1) is 24.7. The van der Waals surface area contributed by atoms with Gasteiger partial charge in [-0.2, -0.15) is 9.21 Å². The maximum Gasteiger partial charge on any atom is 0.272 e. The van der Waals surface area contributed by atoms with Gasteiger partial charge in [0.1, 0.15) is 5.69 Å². The van der Waals surface area contributed by atoms with E-state index >= 15 is 0 Å². The molecule has 0 N–H and O–H groups in total. The molecule has 0 spiro atoms. The summed E-state index contributed by atoms with van der Waals surface area (Å²) < 4.78 is 30.3. The molecule has 36 heavy (non-hydrogen) atoms. The first-order valence-corrected chi connectivity index (χ1v) is 14.6. The highest BCUT2D eigenvalue weighted by Gasteiger charge is 2.29. The number of hydrogen-bond donors (Lipinski definition) is 0. The summed E-state index contributed by atoms with van der Waals surface area (Å²) in [4.78, 5) is 10.6. The third-order valence-corrected chi connectivity index (χ3v) is 9.45. The first-order chi connectivity index (χ1) is 17.0. The van der Waals surface area contributed by atoms with Crippen molar-refractivity contribution in [1.29, 1.82) is 0 Å². The molecule has 0 amide bonds. The first-order valence-electron chi connectivity index (χ1n) is 12.5. The van der Waals surface area contributed by atoms with Gasteiger partial charge >= 0.3 is 0 Å². The molecule has 1 aromatic carbocycles. The summed E-state index contributed by atoms with van der Waals surface area (Å²) in [5, 5.41) is 0. The summed E-state index contributed by atoms with van der Waals surface area (Å²) in [6.07, 6.45) is 5.96. The number of rotatable bonds is 7. The van der Waals surface area contributed by atoms with Gasteiger partial charge in [-0.1, -0.05) is 42.9 Å². The summed E-state index contributed by atoms with van der Waals surface area (Å²) in [7, 11) is -1.64. The average molecular weight is 506 g/mol. The number of pyridine rings is 2. The van der Waals surface area contributed by atoms with E-state index in [4.69, 9.17) is 9.97 Å². The topological polar surface area (TPSA) is 30.7 Å². The van der Waals surface area contributed by atoms with E-state index in [1.165, 1.54) is 30.7 Å². The number of nitrogens with zero attached hydrogens (tertiary/aromatic N) is 3. The molecule has 3 heterocycles. The molecule has 188 valence electrons. The predicted molar refractivity (Wildman–Crippen MR) is 150 cm³/mol. The van der Waals surface area contributed by atoms with E-state index in [1.54, 1.807) is 0 Å². The Labute approximate surface area is 213 Å². The van der Waals surface area contributed by atoms with Crippen LogP contribution in [0.2, 0.25) is 0 Å². The fourth-order valence-electron chi connectivity index (χ4n) is 4.57. The van der Waals surface area contributed by atoms with Crippen molar-refractivity contribution in [3.8, 4) is 33.9 Å². The van der Waals surface area contributed by atoms with Crippen molar-refractivity contribution in [3.63, 3.8) is 0 Å². The second-order valence-corrected chi connectivity index (χ2v) is 13.4. The highest BCUT2D eigenvalue weighted by Crippen LogP contribution is 2.44. The second-order valence-electron chi connectivity index (χ2n) is 10.3. The minimum Gasteiger partial charge on any atom is -0.343 e. The van der Waals surface area contributed by atoms with Gasteiger partial charge in [0.05, 0.1) is 17.1 Å². The summed E-state index contributed by atoms with van der Waals surface area (Å²) >= 11 is 0. The van der Waals surface area contributed by atoms with E-state index in [1.807, 2.05) is 30.7 Å². The summed E-state index contributed by atoms with van der Waals surface area (Å²) in [6.45, 7) is 6.97. The molecule has 2 aliphatic heterocycles. The highest BCUT2D eigenvalue weighted by molar-refractivity contribution is 8.27. The molecule has 0 radical (unpaired) electrons. The maximum atomic E-state index is 14.2. The molecule has 6 heteroatoms. The zero-order valence-corrected chi connectivity index (χ0v) is 22.2. The van der Waals surface area contributed by atoms with Crippen molar-refractivity contribution in [2.75, 3.05) is 5.75 Å². The Morgan fingerprint density at radius 2 is 1.75 bits per heavy atom. The van der Waals surface area contributed by atoms with Crippen LogP contribution in [0.1, 0.15) is 63.6 Å². The van der Waals surface area contributed by atoms with Crippen molar-refractivity contribution in [3.05, 3.63) is 66.0 Å². The lowest BCUT2D eigenvalue weighted by Gasteiger charge is -2.20. The van der Waals surface area contributed by atoms with Gasteiger partial charge in [-0.3, -0.25) is 4.98 Å². The fraction of sp³-hybridized carbons (Fsp3) is 0.333. The van der Waals surface area contributed by atoms with Gasteiger partial charge in [0.15, 0.2) is 0 Å². The lowest BCUT2D eigenvalue weighted by molar-refractivity contribution is 0.0167. The van der Waals surface area contributed by atoms with E-state index < -0.39 is 15.1 Å². The summed E-state index contributed by atoms with van der Waals surface area (Å²) in [6, 6.07) is 14.3. The van der Waals surface area contributed by atoms with Crippen LogP contribution in [0.4, 0.5) is 8.78 Å². The van der Waals surface area contributed by atoms with Gasteiger partial charge < -0.3 is 4.57 Å². The minimum atomic E-state index is -2.95. The van der Waals surface area contributed by atoms with E-state index in [0.717, 1.165) is 40.1 Å². The smallest absolute Gasteiger partial charge is 0.272 e. The van der Waals surface area contributed by atoms with Crippen LogP contribution in [0.25, 0.3) is 33.9 Å². The number of aromatic nitrogens is 3. The molecule has 1 saturated carbocycles. The van der Waals surface area contributed by atoms with Gasteiger partial charge in [-0.25, -0.2) is 13.8 Å². The van der Waals surface area contributed by atoms with Gasteiger partial charge in [0.2, 0.25) is 0 Å². The Morgan fingerprint density at radius 1 is 1.06 bits per heavy atom. The van der Waals surface area contributed by atoms with Crippen molar-refractivity contribution >= 4 is 20.9 Å². The standard InChI is InChI=1S/C30H33F2N3S/c1-7-36(5,6)28-14-23(22-12-10-21(11-13-22)20-8-9-20)17-33-29(28)26-16-27-25(34-26)15-24(30(4,31)32)18-35(27)19(2)3/h10-20H,5-9H2,1-4H3. The van der Waals surface area contributed by atoms with Crippen LogP contribution in [0.3, 0.4) is 0 Å². The number of alkyl halides is 2. The minimum absolute atomic E-state index is 0.00121. The SMILES string of the molecule is C=S(=C)(CC)c1cc(-c2ccc(C3CC3)cc2)cnc1-c1cc2n(C(C)C)cc(C(C)(F)F)cc-2n1. The zero-order valence-electron chi connectivity index (χ0n) is 21.4. The molecule has 0 unspecified atom stereocenters. The molecule has 2 aromatic rings. The predicted octanol–water partition coefficient (Wildman–Crippen LogP) is 8.33. The monoisotopic (exact) mass is 505 g/mol. The van der Waals surface area contributed by atoms with Crippen LogP contribution >= 0.6 is 9.21 Å². The van der Waals surface area contributed by atoms with Gasteiger partial charge in [0.25, 0.3) is 5.92 Å². The maximum absolute atomic E-state index is 14.2. The third kappa shape index (κ3) is 4.59. The Bertz CT molecular complexity index is 1490. The largest absolute Gasteiger partial charge is 0.343 e. The fourth-order valence-corrected chi connectivity index (χ4v) is 5.83. The molecular formula is C30H33F2N3S. The number of halogens is 2. The van der Waals surface area contributed by atoms with Crippen LogP contribution in [-0.4, -0.2) is 32.0 Å². The summed E-state index contributed by atoms with van der Waals surface area (Å²) in [5.74, 6) is 7.50. The molecule has 5 rings (SSSR count).